The molecule has 3 fully saturated rings. The molecule has 4 rings (SSSR count). The number of hydrogen-bond donors (Lipinski definition) is 2. The maximum atomic E-state index is 12.3. The van der Waals surface area contributed by atoms with Gasteiger partial charge in [0.2, 0.25) is 0 Å². The molecular formula is C19H26F3N3O4. The van der Waals surface area contributed by atoms with E-state index in [9.17, 15) is 18.3 Å². The summed E-state index contributed by atoms with van der Waals surface area (Å²) in [6.45, 7) is 4.29. The van der Waals surface area contributed by atoms with Crippen LogP contribution in [0.25, 0.3) is 0 Å². The second kappa shape index (κ2) is 8.37. The number of aliphatic hydroxyl groups excluding tert-OH is 1. The van der Waals surface area contributed by atoms with Crippen molar-refractivity contribution in [1.29, 1.82) is 0 Å². The molecule has 5 unspecified atom stereocenters. The highest BCUT2D eigenvalue weighted by Gasteiger charge is 2.52. The Hall–Kier alpha value is -1.43. The van der Waals surface area contributed by atoms with Crippen LogP contribution in [-0.4, -0.2) is 91.7 Å². The Balaban J connectivity index is 1.38. The summed E-state index contributed by atoms with van der Waals surface area (Å²) >= 11 is 0. The monoisotopic (exact) mass is 417 g/mol. The average Bonchev–Trinajstić information content (AvgIpc) is 3.08. The summed E-state index contributed by atoms with van der Waals surface area (Å²) in [4.78, 5) is 4.46. The fourth-order valence-corrected chi connectivity index (χ4v) is 4.21. The quantitative estimate of drug-likeness (QED) is 0.734. The number of aliphatic hydroxyl groups is 1. The molecule has 29 heavy (non-hydrogen) atoms. The minimum Gasteiger partial charge on any atom is -0.406 e. The zero-order valence-electron chi connectivity index (χ0n) is 16.1. The van der Waals surface area contributed by atoms with Crippen molar-refractivity contribution in [3.63, 3.8) is 0 Å². The fourth-order valence-electron chi connectivity index (χ4n) is 4.21. The molecule has 3 aliphatic heterocycles. The van der Waals surface area contributed by atoms with Gasteiger partial charge in [0, 0.05) is 32.7 Å². The highest BCUT2D eigenvalue weighted by molar-refractivity contribution is 5.27. The van der Waals surface area contributed by atoms with E-state index in [1.807, 2.05) is 0 Å². The van der Waals surface area contributed by atoms with Gasteiger partial charge in [0.05, 0.1) is 24.8 Å². The van der Waals surface area contributed by atoms with Crippen molar-refractivity contribution < 1.29 is 32.5 Å². The highest BCUT2D eigenvalue weighted by atomic mass is 19.4. The first kappa shape index (κ1) is 20.8. The number of fused-ring (bicyclic) bond motifs is 2. The molecule has 0 saturated carbocycles. The summed E-state index contributed by atoms with van der Waals surface area (Å²) in [6.07, 6.45) is -6.07. The first-order valence-electron chi connectivity index (χ1n) is 9.76. The molecule has 1 aromatic carbocycles. The van der Waals surface area contributed by atoms with Crippen molar-refractivity contribution in [2.75, 3.05) is 39.8 Å². The van der Waals surface area contributed by atoms with E-state index in [4.69, 9.17) is 9.47 Å². The molecule has 2 N–H and O–H groups in total. The topological polar surface area (TPSA) is 66.4 Å². The third-order valence-electron chi connectivity index (χ3n) is 5.79. The third-order valence-corrected chi connectivity index (χ3v) is 5.79. The van der Waals surface area contributed by atoms with Crippen molar-refractivity contribution in [2.24, 2.45) is 0 Å². The van der Waals surface area contributed by atoms with Gasteiger partial charge in [-0.05, 0) is 24.7 Å². The lowest BCUT2D eigenvalue weighted by Crippen LogP contribution is -2.66. The van der Waals surface area contributed by atoms with Crippen LogP contribution in [0.3, 0.4) is 0 Å². The molecule has 1 aromatic rings. The van der Waals surface area contributed by atoms with Gasteiger partial charge < -0.3 is 29.5 Å². The number of alkyl halides is 3. The van der Waals surface area contributed by atoms with Gasteiger partial charge in [-0.3, -0.25) is 4.90 Å². The van der Waals surface area contributed by atoms with E-state index in [1.54, 1.807) is 12.1 Å². The molecule has 2 bridgehead atoms. The van der Waals surface area contributed by atoms with Gasteiger partial charge in [-0.2, -0.15) is 0 Å². The molecule has 0 amide bonds. The number of hydrogen-bond acceptors (Lipinski definition) is 7. The number of benzene rings is 1. The lowest BCUT2D eigenvalue weighted by molar-refractivity contribution is -0.274. The predicted octanol–water partition coefficient (Wildman–Crippen LogP) is 0.775. The van der Waals surface area contributed by atoms with Gasteiger partial charge in [-0.15, -0.1) is 13.2 Å². The van der Waals surface area contributed by atoms with Gasteiger partial charge in [0.15, 0.2) is 6.29 Å². The van der Waals surface area contributed by atoms with Gasteiger partial charge in [0.1, 0.15) is 11.9 Å². The lowest BCUT2D eigenvalue weighted by Gasteiger charge is -2.46. The zero-order valence-corrected chi connectivity index (χ0v) is 16.1. The molecule has 0 spiro atoms. The largest absolute Gasteiger partial charge is 0.573 e. The average molecular weight is 417 g/mol. The highest BCUT2D eigenvalue weighted by Crippen LogP contribution is 2.32. The lowest BCUT2D eigenvalue weighted by atomic mass is 9.94. The van der Waals surface area contributed by atoms with E-state index in [0.717, 1.165) is 31.7 Å². The minimum absolute atomic E-state index is 0.248. The van der Waals surface area contributed by atoms with Crippen LogP contribution in [0.2, 0.25) is 0 Å². The molecule has 0 aromatic heterocycles. The van der Waals surface area contributed by atoms with E-state index in [1.165, 1.54) is 12.1 Å². The van der Waals surface area contributed by atoms with Gasteiger partial charge >= 0.3 is 6.36 Å². The van der Waals surface area contributed by atoms with Crippen molar-refractivity contribution >= 4 is 0 Å². The Morgan fingerprint density at radius 1 is 1.17 bits per heavy atom. The van der Waals surface area contributed by atoms with Crippen LogP contribution in [0, 0.1) is 0 Å². The number of piperazine rings is 1. The molecule has 10 heteroatoms. The second-order valence-electron chi connectivity index (χ2n) is 7.80. The second-order valence-corrected chi connectivity index (χ2v) is 7.80. The Kier molecular flexibility index (Phi) is 6.01. The number of nitrogens with zero attached hydrogens (tertiary/aromatic N) is 2. The number of ether oxygens (including phenoxy) is 3. The summed E-state index contributed by atoms with van der Waals surface area (Å²) in [6, 6.07) is 5.11. The Bertz CT molecular complexity index is 682. The van der Waals surface area contributed by atoms with Crippen LogP contribution in [0.1, 0.15) is 5.56 Å². The number of halogens is 3. The van der Waals surface area contributed by atoms with Gasteiger partial charge in [-0.1, -0.05) is 12.1 Å². The SMILES string of the molecule is CN1CCN(C2C3OCC(O3)C(NCc3ccc(OC(F)(F)F)cc3)C2O)CC1. The standard InChI is InChI=1S/C19H26F3N3O4/c1-24-6-8-25(9-7-24)16-17(26)15(14-11-27-18(16)28-14)23-10-12-2-4-13(5-3-12)29-19(20,21)22/h2-5,14-18,23,26H,6-11H2,1H3. The Morgan fingerprint density at radius 3 is 2.52 bits per heavy atom. The zero-order chi connectivity index (χ0) is 20.6. The summed E-state index contributed by atoms with van der Waals surface area (Å²) in [5.74, 6) is -0.260. The van der Waals surface area contributed by atoms with Crippen LogP contribution in [-0.2, 0) is 16.0 Å². The fraction of sp³-hybridized carbons (Fsp3) is 0.684. The Morgan fingerprint density at radius 2 is 1.86 bits per heavy atom. The smallest absolute Gasteiger partial charge is 0.406 e. The molecule has 3 saturated heterocycles. The van der Waals surface area contributed by atoms with Crippen LogP contribution in [0.5, 0.6) is 5.75 Å². The Labute approximate surface area is 167 Å². The number of nitrogens with one attached hydrogen (secondary N) is 1. The molecule has 5 atom stereocenters. The van der Waals surface area contributed by atoms with Crippen molar-refractivity contribution in [1.82, 2.24) is 15.1 Å². The maximum Gasteiger partial charge on any atom is 0.573 e. The van der Waals surface area contributed by atoms with Crippen molar-refractivity contribution in [3.8, 4) is 5.75 Å². The number of likely N-dealkylation sites (N-methyl/N-ethyl adjacent to an activating group) is 1. The van der Waals surface area contributed by atoms with E-state index < -0.39 is 18.8 Å². The van der Waals surface area contributed by atoms with Gasteiger partial charge in [0.25, 0.3) is 0 Å². The van der Waals surface area contributed by atoms with Crippen LogP contribution >= 0.6 is 0 Å². The number of rotatable bonds is 5. The first-order valence-corrected chi connectivity index (χ1v) is 9.76. The molecule has 162 valence electrons. The first-order chi connectivity index (χ1) is 13.8. The predicted molar refractivity (Wildman–Crippen MR) is 97.2 cm³/mol. The molecule has 0 aliphatic carbocycles. The third kappa shape index (κ3) is 4.84. The molecular weight excluding hydrogens is 391 g/mol. The maximum absolute atomic E-state index is 12.3. The molecule has 3 aliphatic rings. The van der Waals surface area contributed by atoms with E-state index >= 15 is 0 Å². The molecule has 7 nitrogen and oxygen atoms in total. The molecule has 0 radical (unpaired) electrons. The van der Waals surface area contributed by atoms with Crippen LogP contribution < -0.4 is 10.1 Å². The van der Waals surface area contributed by atoms with E-state index in [2.05, 4.69) is 26.9 Å². The normalized spacial score (nSPS) is 33.8. The summed E-state index contributed by atoms with van der Waals surface area (Å²) < 4.78 is 52.5. The van der Waals surface area contributed by atoms with E-state index in [0.29, 0.717) is 13.2 Å². The van der Waals surface area contributed by atoms with Gasteiger partial charge in [-0.25, -0.2) is 0 Å². The van der Waals surface area contributed by atoms with E-state index in [-0.39, 0.29) is 23.9 Å². The van der Waals surface area contributed by atoms with Crippen molar-refractivity contribution in [3.05, 3.63) is 29.8 Å². The molecule has 3 heterocycles. The summed E-state index contributed by atoms with van der Waals surface area (Å²) in [7, 11) is 2.07. The minimum atomic E-state index is -4.71. The van der Waals surface area contributed by atoms with Crippen LogP contribution in [0.15, 0.2) is 24.3 Å². The summed E-state index contributed by atoms with van der Waals surface area (Å²) in [5, 5.41) is 14.4. The summed E-state index contributed by atoms with van der Waals surface area (Å²) in [5.41, 5.74) is 0.781. The van der Waals surface area contributed by atoms with Crippen molar-refractivity contribution in [2.45, 2.75) is 43.5 Å². The van der Waals surface area contributed by atoms with Crippen LogP contribution in [0.4, 0.5) is 13.2 Å².